The van der Waals surface area contributed by atoms with Crippen LogP contribution >= 0.6 is 11.6 Å². The Hall–Kier alpha value is -1.79. The SMILES string of the molecule is COc1ccc(Cl)cc1Nc1nnc(C2CCCCN2)o1. The number of ether oxygens (including phenoxy) is 1. The third-order valence-corrected chi connectivity index (χ3v) is 3.69. The van der Waals surface area contributed by atoms with Gasteiger partial charge in [0.25, 0.3) is 0 Å². The highest BCUT2D eigenvalue weighted by Crippen LogP contribution is 2.31. The van der Waals surface area contributed by atoms with E-state index in [1.54, 1.807) is 25.3 Å². The molecule has 0 spiro atoms. The highest BCUT2D eigenvalue weighted by molar-refractivity contribution is 6.30. The summed E-state index contributed by atoms with van der Waals surface area (Å²) in [6.45, 7) is 0.984. The van der Waals surface area contributed by atoms with Crippen molar-refractivity contribution in [3.63, 3.8) is 0 Å². The number of nitrogens with zero attached hydrogens (tertiary/aromatic N) is 2. The fraction of sp³-hybridized carbons (Fsp3) is 0.429. The lowest BCUT2D eigenvalue weighted by molar-refractivity contribution is 0.342. The second-order valence-corrected chi connectivity index (χ2v) is 5.35. The standard InChI is InChI=1S/C14H17ClN4O2/c1-20-12-6-5-9(15)8-11(12)17-14-19-18-13(21-14)10-4-2-3-7-16-10/h5-6,8,10,16H,2-4,7H2,1H3,(H,17,19). The van der Waals surface area contributed by atoms with Crippen molar-refractivity contribution in [1.29, 1.82) is 0 Å². The molecule has 0 amide bonds. The van der Waals surface area contributed by atoms with E-state index in [0.717, 1.165) is 13.0 Å². The molecule has 1 unspecified atom stereocenters. The minimum Gasteiger partial charge on any atom is -0.495 e. The fourth-order valence-electron chi connectivity index (χ4n) is 2.38. The van der Waals surface area contributed by atoms with Gasteiger partial charge in [0.05, 0.1) is 18.8 Å². The first kappa shape index (κ1) is 14.2. The molecule has 112 valence electrons. The monoisotopic (exact) mass is 308 g/mol. The van der Waals surface area contributed by atoms with Crippen LogP contribution in [0.25, 0.3) is 0 Å². The minimum absolute atomic E-state index is 0.142. The lowest BCUT2D eigenvalue weighted by Gasteiger charge is -2.19. The van der Waals surface area contributed by atoms with Gasteiger partial charge in [0.1, 0.15) is 5.75 Å². The van der Waals surface area contributed by atoms with E-state index in [9.17, 15) is 0 Å². The van der Waals surface area contributed by atoms with Gasteiger partial charge in [-0.2, -0.15) is 0 Å². The summed E-state index contributed by atoms with van der Waals surface area (Å²) in [5.74, 6) is 1.27. The third kappa shape index (κ3) is 3.28. The van der Waals surface area contributed by atoms with Crippen LogP contribution in [0.4, 0.5) is 11.7 Å². The molecule has 1 aliphatic heterocycles. The van der Waals surface area contributed by atoms with Gasteiger partial charge in [-0.15, -0.1) is 5.10 Å². The zero-order chi connectivity index (χ0) is 14.7. The molecule has 1 saturated heterocycles. The second-order valence-electron chi connectivity index (χ2n) is 4.92. The normalized spacial score (nSPS) is 18.5. The van der Waals surface area contributed by atoms with E-state index in [1.165, 1.54) is 12.8 Å². The Labute approximate surface area is 127 Å². The first-order valence-electron chi connectivity index (χ1n) is 6.93. The van der Waals surface area contributed by atoms with Gasteiger partial charge in [-0.05, 0) is 37.6 Å². The molecule has 0 bridgehead atoms. The number of piperidine rings is 1. The Bertz CT molecular complexity index is 611. The first-order valence-corrected chi connectivity index (χ1v) is 7.31. The molecule has 0 aliphatic carbocycles. The van der Waals surface area contributed by atoms with Crippen LogP contribution in [0.5, 0.6) is 5.75 Å². The number of hydrogen-bond donors (Lipinski definition) is 2. The van der Waals surface area contributed by atoms with E-state index < -0.39 is 0 Å². The Balaban J connectivity index is 1.76. The molecule has 1 aromatic carbocycles. The van der Waals surface area contributed by atoms with Crippen LogP contribution in [0.15, 0.2) is 22.6 Å². The predicted molar refractivity (Wildman–Crippen MR) is 80.2 cm³/mol. The number of nitrogens with one attached hydrogen (secondary N) is 2. The summed E-state index contributed by atoms with van der Waals surface area (Å²) in [4.78, 5) is 0. The topological polar surface area (TPSA) is 72.2 Å². The molecule has 1 aromatic heterocycles. The Morgan fingerprint density at radius 3 is 3.05 bits per heavy atom. The Morgan fingerprint density at radius 2 is 2.29 bits per heavy atom. The maximum absolute atomic E-state index is 5.99. The molecule has 1 fully saturated rings. The maximum atomic E-state index is 5.99. The van der Waals surface area contributed by atoms with Crippen LogP contribution in [0, 0.1) is 0 Å². The maximum Gasteiger partial charge on any atom is 0.320 e. The van der Waals surface area contributed by atoms with E-state index in [-0.39, 0.29) is 6.04 Å². The van der Waals surface area contributed by atoms with Crippen molar-refractivity contribution in [2.45, 2.75) is 25.3 Å². The average molecular weight is 309 g/mol. The Morgan fingerprint density at radius 1 is 1.38 bits per heavy atom. The van der Waals surface area contributed by atoms with E-state index >= 15 is 0 Å². The molecule has 2 N–H and O–H groups in total. The van der Waals surface area contributed by atoms with Gasteiger partial charge >= 0.3 is 6.01 Å². The van der Waals surface area contributed by atoms with E-state index in [1.807, 2.05) is 0 Å². The number of hydrogen-bond acceptors (Lipinski definition) is 6. The van der Waals surface area contributed by atoms with Gasteiger partial charge in [0.15, 0.2) is 0 Å². The van der Waals surface area contributed by atoms with Gasteiger partial charge in [-0.3, -0.25) is 0 Å². The third-order valence-electron chi connectivity index (χ3n) is 3.45. The van der Waals surface area contributed by atoms with Gasteiger partial charge in [0.2, 0.25) is 5.89 Å². The molecule has 0 saturated carbocycles. The predicted octanol–water partition coefficient (Wildman–Crippen LogP) is 3.29. The highest BCUT2D eigenvalue weighted by atomic mass is 35.5. The molecule has 0 radical (unpaired) electrons. The van der Waals surface area contributed by atoms with Crippen LogP contribution in [0.2, 0.25) is 5.02 Å². The number of benzene rings is 1. The summed E-state index contributed by atoms with van der Waals surface area (Å²) in [5.41, 5.74) is 0.691. The number of halogens is 1. The van der Waals surface area contributed by atoms with Gasteiger partial charge in [-0.25, -0.2) is 0 Å². The summed E-state index contributed by atoms with van der Waals surface area (Å²) in [7, 11) is 1.60. The van der Waals surface area contributed by atoms with Gasteiger partial charge in [-0.1, -0.05) is 23.1 Å². The molecular formula is C14H17ClN4O2. The largest absolute Gasteiger partial charge is 0.495 e. The number of anilines is 2. The van der Waals surface area contributed by atoms with Crippen LogP contribution in [-0.2, 0) is 0 Å². The fourth-order valence-corrected chi connectivity index (χ4v) is 2.55. The summed E-state index contributed by atoms with van der Waals surface area (Å²) in [5, 5.41) is 15.1. The molecule has 7 heteroatoms. The molecule has 3 rings (SSSR count). The molecule has 21 heavy (non-hydrogen) atoms. The van der Waals surface area contributed by atoms with Crippen molar-refractivity contribution >= 4 is 23.3 Å². The molecule has 1 atom stereocenters. The van der Waals surface area contributed by atoms with Crippen molar-refractivity contribution < 1.29 is 9.15 Å². The van der Waals surface area contributed by atoms with E-state index in [2.05, 4.69) is 20.8 Å². The molecule has 2 heterocycles. The minimum atomic E-state index is 0.142. The number of rotatable bonds is 4. The molecular weight excluding hydrogens is 292 g/mol. The number of methoxy groups -OCH3 is 1. The van der Waals surface area contributed by atoms with Crippen LogP contribution in [0.3, 0.4) is 0 Å². The zero-order valence-corrected chi connectivity index (χ0v) is 12.5. The lowest BCUT2D eigenvalue weighted by Crippen LogP contribution is -2.26. The van der Waals surface area contributed by atoms with Gasteiger partial charge in [0, 0.05) is 5.02 Å². The van der Waals surface area contributed by atoms with Crippen LogP contribution in [-0.4, -0.2) is 23.9 Å². The number of aromatic nitrogens is 2. The molecule has 2 aromatic rings. The quantitative estimate of drug-likeness (QED) is 0.903. The first-order chi connectivity index (χ1) is 10.3. The van der Waals surface area contributed by atoms with Crippen molar-refractivity contribution in [2.75, 3.05) is 19.0 Å². The zero-order valence-electron chi connectivity index (χ0n) is 11.7. The van der Waals surface area contributed by atoms with E-state index in [4.69, 9.17) is 20.8 Å². The summed E-state index contributed by atoms with van der Waals surface area (Å²) in [6.07, 6.45) is 3.38. The Kier molecular flexibility index (Phi) is 4.26. The van der Waals surface area contributed by atoms with E-state index in [0.29, 0.717) is 28.4 Å². The summed E-state index contributed by atoms with van der Waals surface area (Å²) >= 11 is 5.99. The summed E-state index contributed by atoms with van der Waals surface area (Å²) < 4.78 is 10.9. The lowest BCUT2D eigenvalue weighted by atomic mass is 10.1. The van der Waals surface area contributed by atoms with Gasteiger partial charge < -0.3 is 19.8 Å². The van der Waals surface area contributed by atoms with Crippen molar-refractivity contribution in [1.82, 2.24) is 15.5 Å². The smallest absolute Gasteiger partial charge is 0.320 e. The molecule has 6 nitrogen and oxygen atoms in total. The summed E-state index contributed by atoms with van der Waals surface area (Å²) in [6, 6.07) is 5.77. The average Bonchev–Trinajstić information content (AvgIpc) is 2.97. The van der Waals surface area contributed by atoms with Crippen LogP contribution < -0.4 is 15.4 Å². The highest BCUT2D eigenvalue weighted by Gasteiger charge is 2.21. The van der Waals surface area contributed by atoms with Crippen molar-refractivity contribution in [3.8, 4) is 5.75 Å². The second kappa shape index (κ2) is 6.32. The van der Waals surface area contributed by atoms with Crippen molar-refractivity contribution in [3.05, 3.63) is 29.1 Å². The van der Waals surface area contributed by atoms with Crippen molar-refractivity contribution in [2.24, 2.45) is 0 Å². The van der Waals surface area contributed by atoms with Crippen LogP contribution in [0.1, 0.15) is 31.2 Å². The molecule has 1 aliphatic rings.